The molecule has 0 atom stereocenters. The number of nitrogens with one attached hydrogen (secondary N) is 1. The Morgan fingerprint density at radius 3 is 3.04 bits per heavy atom. The van der Waals surface area contributed by atoms with Crippen LogP contribution in [0.15, 0.2) is 24.4 Å². The number of carbonyl (C=O) groups excluding carboxylic acids is 1. The van der Waals surface area contributed by atoms with E-state index in [1.54, 1.807) is 12.3 Å². The third kappa shape index (κ3) is 3.08. The highest BCUT2D eigenvalue weighted by Gasteiger charge is 2.31. The molecule has 0 spiro atoms. The van der Waals surface area contributed by atoms with Crippen molar-refractivity contribution in [2.45, 2.75) is 0 Å². The lowest BCUT2D eigenvalue weighted by molar-refractivity contribution is -0.137. The molecule has 0 saturated carbocycles. The van der Waals surface area contributed by atoms with E-state index in [-0.39, 0.29) is 5.91 Å². The molecule has 1 amide bonds. The van der Waals surface area contributed by atoms with E-state index >= 15 is 0 Å². The molecule has 0 aliphatic carbocycles. The predicted molar refractivity (Wildman–Crippen MR) is 91.9 cm³/mol. The van der Waals surface area contributed by atoms with Crippen LogP contribution >= 0.6 is 0 Å². The average Bonchev–Trinajstić information content (AvgIpc) is 2.59. The zero-order valence-electron chi connectivity index (χ0n) is 13.7. The standard InChI is InChI=1S/C18H18N4O3/c1-19-15-6-13-2-3-21-18-14(13)7-16(15)24-5-4-20-8-17(23)22-9-12(10-22)11-25-18/h2-3,6-7,12,20H,4-5,8-11H2. The first kappa shape index (κ1) is 15.7. The lowest BCUT2D eigenvalue weighted by atomic mass is 10.0. The van der Waals surface area contributed by atoms with Gasteiger partial charge in [0, 0.05) is 37.1 Å². The molecule has 1 fully saturated rings. The Labute approximate surface area is 145 Å². The maximum absolute atomic E-state index is 12.0. The number of fused-ring (bicyclic) bond motifs is 6. The lowest BCUT2D eigenvalue weighted by Gasteiger charge is -2.39. The molecule has 2 aromatic rings. The van der Waals surface area contributed by atoms with Crippen molar-refractivity contribution in [2.75, 3.05) is 39.4 Å². The van der Waals surface area contributed by atoms with E-state index in [0.29, 0.717) is 49.5 Å². The fraction of sp³-hybridized carbons (Fsp3) is 0.389. The number of pyridine rings is 1. The summed E-state index contributed by atoms with van der Waals surface area (Å²) >= 11 is 0. The maximum atomic E-state index is 12.0. The summed E-state index contributed by atoms with van der Waals surface area (Å²) in [4.78, 5) is 21.7. The van der Waals surface area contributed by atoms with Crippen LogP contribution in [0, 0.1) is 12.5 Å². The number of carbonyl (C=O) groups is 1. The van der Waals surface area contributed by atoms with Crippen LogP contribution in [-0.2, 0) is 4.79 Å². The molecule has 25 heavy (non-hydrogen) atoms. The molecule has 0 radical (unpaired) electrons. The minimum atomic E-state index is 0.0914. The molecule has 4 bridgehead atoms. The normalized spacial score (nSPS) is 18.5. The zero-order chi connectivity index (χ0) is 17.2. The molecule has 1 aromatic heterocycles. The van der Waals surface area contributed by atoms with Crippen molar-refractivity contribution in [3.63, 3.8) is 0 Å². The molecule has 3 aliphatic heterocycles. The second-order valence-electron chi connectivity index (χ2n) is 6.27. The summed E-state index contributed by atoms with van der Waals surface area (Å²) in [5, 5.41) is 4.82. The van der Waals surface area contributed by atoms with E-state index in [9.17, 15) is 4.79 Å². The van der Waals surface area contributed by atoms with Gasteiger partial charge in [0.25, 0.3) is 0 Å². The second-order valence-corrected chi connectivity index (χ2v) is 6.27. The Hall–Kier alpha value is -2.85. The molecule has 3 aliphatic rings. The zero-order valence-corrected chi connectivity index (χ0v) is 13.7. The molecular formula is C18H18N4O3. The predicted octanol–water partition coefficient (Wildman–Crippen LogP) is 1.60. The summed E-state index contributed by atoms with van der Waals surface area (Å²) in [5.74, 6) is 1.46. The largest absolute Gasteiger partial charge is 0.503 e. The van der Waals surface area contributed by atoms with Crippen LogP contribution in [0.5, 0.6) is 11.6 Å². The van der Waals surface area contributed by atoms with Gasteiger partial charge in [0.05, 0.1) is 26.3 Å². The van der Waals surface area contributed by atoms with Crippen LogP contribution in [0.2, 0.25) is 0 Å². The van der Waals surface area contributed by atoms with Gasteiger partial charge in [-0.2, -0.15) is 0 Å². The summed E-state index contributed by atoms with van der Waals surface area (Å²) in [6, 6.07) is 5.48. The van der Waals surface area contributed by atoms with E-state index < -0.39 is 0 Å². The number of rotatable bonds is 0. The third-order valence-corrected chi connectivity index (χ3v) is 4.51. The van der Waals surface area contributed by atoms with Gasteiger partial charge in [-0.3, -0.25) is 4.79 Å². The summed E-state index contributed by atoms with van der Waals surface area (Å²) < 4.78 is 11.7. The van der Waals surface area contributed by atoms with Crippen LogP contribution in [0.3, 0.4) is 0 Å². The number of aromatic nitrogens is 1. The summed E-state index contributed by atoms with van der Waals surface area (Å²) in [7, 11) is 0. The molecule has 1 N–H and O–H groups in total. The number of amides is 1. The first-order chi connectivity index (χ1) is 12.2. The molecule has 4 heterocycles. The Bertz CT molecular complexity index is 855. The molecule has 1 aromatic carbocycles. The highest BCUT2D eigenvalue weighted by atomic mass is 16.5. The maximum Gasteiger partial charge on any atom is 0.236 e. The Morgan fingerprint density at radius 2 is 2.20 bits per heavy atom. The number of hydrogen-bond acceptors (Lipinski definition) is 5. The van der Waals surface area contributed by atoms with Gasteiger partial charge in [0.15, 0.2) is 0 Å². The van der Waals surface area contributed by atoms with Gasteiger partial charge in [-0.1, -0.05) is 0 Å². The van der Waals surface area contributed by atoms with Crippen molar-refractivity contribution < 1.29 is 14.3 Å². The minimum absolute atomic E-state index is 0.0914. The van der Waals surface area contributed by atoms with E-state index in [4.69, 9.17) is 16.0 Å². The van der Waals surface area contributed by atoms with Crippen molar-refractivity contribution in [3.8, 4) is 11.6 Å². The van der Waals surface area contributed by atoms with Gasteiger partial charge in [0.1, 0.15) is 5.75 Å². The van der Waals surface area contributed by atoms with E-state index in [1.807, 2.05) is 17.0 Å². The van der Waals surface area contributed by atoms with Crippen LogP contribution in [0.25, 0.3) is 15.6 Å². The van der Waals surface area contributed by atoms with E-state index in [2.05, 4.69) is 15.1 Å². The number of ether oxygens (including phenoxy) is 2. The molecule has 7 heteroatoms. The van der Waals surface area contributed by atoms with Gasteiger partial charge in [-0.25, -0.2) is 9.83 Å². The first-order valence-corrected chi connectivity index (χ1v) is 8.29. The van der Waals surface area contributed by atoms with Gasteiger partial charge in [-0.05, 0) is 23.6 Å². The fourth-order valence-corrected chi connectivity index (χ4v) is 3.10. The summed E-state index contributed by atoms with van der Waals surface area (Å²) in [5.41, 5.74) is 0.457. The smallest absolute Gasteiger partial charge is 0.236 e. The second kappa shape index (κ2) is 6.57. The van der Waals surface area contributed by atoms with Gasteiger partial charge in [-0.15, -0.1) is 0 Å². The van der Waals surface area contributed by atoms with Gasteiger partial charge >= 0.3 is 0 Å². The SMILES string of the molecule is [C-]#[N+]c1cc2ccnc3c2cc1OCCNCC(=O)N1CC(CO3)C1. The Morgan fingerprint density at radius 1 is 1.32 bits per heavy atom. The van der Waals surface area contributed by atoms with Gasteiger partial charge < -0.3 is 19.7 Å². The monoisotopic (exact) mass is 338 g/mol. The average molecular weight is 338 g/mol. The van der Waals surface area contributed by atoms with E-state index in [1.165, 1.54) is 0 Å². The van der Waals surface area contributed by atoms with E-state index in [0.717, 1.165) is 23.9 Å². The van der Waals surface area contributed by atoms with Crippen molar-refractivity contribution >= 4 is 22.4 Å². The van der Waals surface area contributed by atoms with Crippen LogP contribution in [-0.4, -0.2) is 55.2 Å². The Balaban J connectivity index is 1.67. The highest BCUT2D eigenvalue weighted by molar-refractivity contribution is 5.92. The van der Waals surface area contributed by atoms with Crippen molar-refractivity contribution in [1.29, 1.82) is 0 Å². The van der Waals surface area contributed by atoms with Crippen molar-refractivity contribution in [2.24, 2.45) is 5.92 Å². The molecular weight excluding hydrogens is 320 g/mol. The Kier molecular flexibility index (Phi) is 4.12. The topological polar surface area (TPSA) is 68.0 Å². The first-order valence-electron chi connectivity index (χ1n) is 8.29. The third-order valence-electron chi connectivity index (χ3n) is 4.51. The molecule has 5 rings (SSSR count). The van der Waals surface area contributed by atoms with Gasteiger partial charge in [0.2, 0.25) is 17.5 Å². The lowest BCUT2D eigenvalue weighted by Crippen LogP contribution is -2.54. The van der Waals surface area contributed by atoms with Crippen LogP contribution < -0.4 is 14.8 Å². The minimum Gasteiger partial charge on any atom is -0.503 e. The molecule has 7 nitrogen and oxygen atoms in total. The summed E-state index contributed by atoms with van der Waals surface area (Å²) in [6.45, 7) is 10.5. The van der Waals surface area contributed by atoms with Crippen molar-refractivity contribution in [3.05, 3.63) is 35.8 Å². The molecule has 128 valence electrons. The number of nitrogens with zero attached hydrogens (tertiary/aromatic N) is 3. The van der Waals surface area contributed by atoms with Crippen LogP contribution in [0.1, 0.15) is 0 Å². The molecule has 1 saturated heterocycles. The molecule has 0 unspecified atom stereocenters. The van der Waals surface area contributed by atoms with Crippen LogP contribution in [0.4, 0.5) is 5.69 Å². The fourth-order valence-electron chi connectivity index (χ4n) is 3.10. The summed E-state index contributed by atoms with van der Waals surface area (Å²) in [6.07, 6.45) is 1.68. The highest BCUT2D eigenvalue weighted by Crippen LogP contribution is 2.36. The quantitative estimate of drug-likeness (QED) is 0.739. The number of benzene rings is 1. The van der Waals surface area contributed by atoms with Crippen molar-refractivity contribution in [1.82, 2.24) is 15.2 Å². The number of hydrogen-bond donors (Lipinski definition) is 1.